The molecule has 2 aliphatic rings. The number of hydrogen-bond acceptors (Lipinski definition) is 4. The number of rotatable bonds is 1. The minimum atomic E-state index is -0.884. The van der Waals surface area contributed by atoms with Gasteiger partial charge >= 0.3 is 0 Å². The van der Waals surface area contributed by atoms with Crippen molar-refractivity contribution in [3.63, 3.8) is 0 Å². The summed E-state index contributed by atoms with van der Waals surface area (Å²) >= 11 is 0. The van der Waals surface area contributed by atoms with Gasteiger partial charge in [0.2, 0.25) is 0 Å². The quantitative estimate of drug-likeness (QED) is 0.365. The van der Waals surface area contributed by atoms with Crippen LogP contribution in [-0.4, -0.2) is 36.1 Å². The van der Waals surface area contributed by atoms with E-state index in [1.54, 1.807) is 0 Å². The Morgan fingerprint density at radius 3 is 2.86 bits per heavy atom. The van der Waals surface area contributed by atoms with Crippen molar-refractivity contribution in [2.24, 2.45) is 11.7 Å². The fourth-order valence-corrected chi connectivity index (χ4v) is 1.90. The summed E-state index contributed by atoms with van der Waals surface area (Å²) in [6.07, 6.45) is 0. The van der Waals surface area contributed by atoms with Crippen molar-refractivity contribution in [2.45, 2.75) is 6.04 Å². The zero-order valence-corrected chi connectivity index (χ0v) is 7.41. The van der Waals surface area contributed by atoms with Gasteiger partial charge in [0, 0.05) is 13.1 Å². The van der Waals surface area contributed by atoms with E-state index in [1.165, 1.54) is 0 Å². The van der Waals surface area contributed by atoms with Crippen LogP contribution >= 0.6 is 0 Å². The summed E-state index contributed by atoms with van der Waals surface area (Å²) in [5, 5.41) is 15.3. The van der Waals surface area contributed by atoms with E-state index in [0.29, 0.717) is 13.1 Å². The normalized spacial score (nSPS) is 31.3. The summed E-state index contributed by atoms with van der Waals surface area (Å²) < 4.78 is 0. The van der Waals surface area contributed by atoms with E-state index in [-0.39, 0.29) is 23.3 Å². The molecule has 2 rings (SSSR count). The van der Waals surface area contributed by atoms with Gasteiger partial charge in [-0.2, -0.15) is 0 Å². The fraction of sp³-hybridized carbons (Fsp3) is 0.500. The average Bonchev–Trinajstić information content (AvgIpc) is 2.50. The lowest BCUT2D eigenvalue weighted by molar-refractivity contribution is -0.123. The molecule has 0 aliphatic carbocycles. The SMILES string of the molecule is NC(=O)C1=C(O)C2CNCC2NC1=O. The zero-order chi connectivity index (χ0) is 10.3. The molecule has 76 valence electrons. The smallest absolute Gasteiger partial charge is 0.260 e. The van der Waals surface area contributed by atoms with Gasteiger partial charge < -0.3 is 21.5 Å². The van der Waals surface area contributed by atoms with E-state index in [0.717, 1.165) is 0 Å². The third kappa shape index (κ3) is 1.15. The van der Waals surface area contributed by atoms with Crippen LogP contribution in [0.2, 0.25) is 0 Å². The van der Waals surface area contributed by atoms with Crippen LogP contribution in [0.3, 0.4) is 0 Å². The Hall–Kier alpha value is -1.56. The van der Waals surface area contributed by atoms with Crippen molar-refractivity contribution >= 4 is 11.8 Å². The first-order chi connectivity index (χ1) is 6.61. The van der Waals surface area contributed by atoms with Gasteiger partial charge in [0.05, 0.1) is 12.0 Å². The maximum Gasteiger partial charge on any atom is 0.260 e. The lowest BCUT2D eigenvalue weighted by Crippen LogP contribution is -2.48. The van der Waals surface area contributed by atoms with Crippen molar-refractivity contribution < 1.29 is 14.7 Å². The predicted octanol–water partition coefficient (Wildman–Crippen LogP) is -2.00. The van der Waals surface area contributed by atoms with Gasteiger partial charge in [-0.05, 0) is 0 Å². The van der Waals surface area contributed by atoms with Crippen LogP contribution in [0.5, 0.6) is 0 Å². The molecule has 0 bridgehead atoms. The molecule has 0 saturated carbocycles. The van der Waals surface area contributed by atoms with Gasteiger partial charge in [0.15, 0.2) is 0 Å². The van der Waals surface area contributed by atoms with Gasteiger partial charge in [0.25, 0.3) is 11.8 Å². The number of nitrogens with two attached hydrogens (primary N) is 1. The van der Waals surface area contributed by atoms with E-state index < -0.39 is 11.8 Å². The Bertz CT molecular complexity index is 337. The molecule has 0 aromatic rings. The van der Waals surface area contributed by atoms with Crippen molar-refractivity contribution in [1.82, 2.24) is 10.6 Å². The summed E-state index contributed by atoms with van der Waals surface area (Å²) in [6, 6.07) is -0.134. The van der Waals surface area contributed by atoms with Crippen molar-refractivity contribution in [1.29, 1.82) is 0 Å². The molecule has 6 nitrogen and oxygen atoms in total. The number of hydrogen-bond donors (Lipinski definition) is 4. The Balaban J connectivity index is 2.41. The largest absolute Gasteiger partial charge is 0.511 e. The minimum Gasteiger partial charge on any atom is -0.511 e. The van der Waals surface area contributed by atoms with Crippen LogP contribution in [0.4, 0.5) is 0 Å². The van der Waals surface area contributed by atoms with Crippen molar-refractivity contribution in [2.75, 3.05) is 13.1 Å². The molecule has 2 amide bonds. The molecule has 0 aromatic heterocycles. The van der Waals surface area contributed by atoms with Crippen LogP contribution in [-0.2, 0) is 9.59 Å². The molecule has 0 radical (unpaired) electrons. The third-order valence-corrected chi connectivity index (χ3v) is 2.61. The van der Waals surface area contributed by atoms with E-state index in [1.807, 2.05) is 0 Å². The number of aliphatic hydroxyl groups excluding tert-OH is 1. The van der Waals surface area contributed by atoms with Gasteiger partial charge in [-0.25, -0.2) is 0 Å². The number of amides is 2. The summed E-state index contributed by atoms with van der Waals surface area (Å²) in [6.45, 7) is 1.15. The minimum absolute atomic E-state index is 0.134. The number of nitrogens with one attached hydrogen (secondary N) is 2. The topological polar surface area (TPSA) is 104 Å². The molecule has 1 fully saturated rings. The van der Waals surface area contributed by atoms with Gasteiger partial charge in [-0.15, -0.1) is 0 Å². The lowest BCUT2D eigenvalue weighted by Gasteiger charge is -2.25. The summed E-state index contributed by atoms with van der Waals surface area (Å²) in [7, 11) is 0. The van der Waals surface area contributed by atoms with Crippen LogP contribution in [0, 0.1) is 5.92 Å². The number of fused-ring (bicyclic) bond motifs is 1. The van der Waals surface area contributed by atoms with Crippen LogP contribution in [0.15, 0.2) is 11.3 Å². The molecular weight excluding hydrogens is 186 g/mol. The molecule has 6 heteroatoms. The summed E-state index contributed by atoms with van der Waals surface area (Å²) in [5.41, 5.74) is 4.68. The average molecular weight is 197 g/mol. The molecule has 2 heterocycles. The van der Waals surface area contributed by atoms with E-state index >= 15 is 0 Å². The third-order valence-electron chi connectivity index (χ3n) is 2.61. The molecule has 0 spiro atoms. The highest BCUT2D eigenvalue weighted by molar-refractivity contribution is 6.18. The first-order valence-electron chi connectivity index (χ1n) is 4.35. The molecule has 2 atom stereocenters. The van der Waals surface area contributed by atoms with E-state index in [2.05, 4.69) is 10.6 Å². The first kappa shape index (κ1) is 9.01. The van der Waals surface area contributed by atoms with Gasteiger partial charge in [-0.3, -0.25) is 9.59 Å². The number of aliphatic hydroxyl groups is 1. The second-order valence-corrected chi connectivity index (χ2v) is 3.47. The van der Waals surface area contributed by atoms with Crippen LogP contribution in [0.25, 0.3) is 0 Å². The Morgan fingerprint density at radius 1 is 1.50 bits per heavy atom. The molecule has 14 heavy (non-hydrogen) atoms. The molecule has 2 aliphatic heterocycles. The van der Waals surface area contributed by atoms with Crippen molar-refractivity contribution in [3.8, 4) is 0 Å². The lowest BCUT2D eigenvalue weighted by atomic mass is 9.93. The van der Waals surface area contributed by atoms with Crippen LogP contribution in [0.1, 0.15) is 0 Å². The number of carbonyl (C=O) groups is 2. The van der Waals surface area contributed by atoms with Gasteiger partial charge in [0.1, 0.15) is 11.3 Å². The fourth-order valence-electron chi connectivity index (χ4n) is 1.90. The second kappa shape index (κ2) is 2.98. The standard InChI is InChI=1S/C8H11N3O3/c9-7(13)5-6(12)3-1-10-2-4(3)11-8(5)14/h3-4,10,12H,1-2H2,(H2,9,13)(H,11,14). The molecule has 0 aromatic carbocycles. The second-order valence-electron chi connectivity index (χ2n) is 3.47. The van der Waals surface area contributed by atoms with E-state index in [4.69, 9.17) is 5.73 Å². The highest BCUT2D eigenvalue weighted by atomic mass is 16.3. The first-order valence-corrected chi connectivity index (χ1v) is 4.35. The highest BCUT2D eigenvalue weighted by Crippen LogP contribution is 2.24. The van der Waals surface area contributed by atoms with E-state index in [9.17, 15) is 14.7 Å². The highest BCUT2D eigenvalue weighted by Gasteiger charge is 2.40. The van der Waals surface area contributed by atoms with Crippen molar-refractivity contribution in [3.05, 3.63) is 11.3 Å². The number of primary amides is 1. The Kier molecular flexibility index (Phi) is 1.92. The molecular formula is C8H11N3O3. The van der Waals surface area contributed by atoms with Crippen LogP contribution < -0.4 is 16.4 Å². The predicted molar refractivity (Wildman–Crippen MR) is 47.1 cm³/mol. The molecule has 1 saturated heterocycles. The summed E-state index contributed by atoms with van der Waals surface area (Å²) in [5.74, 6) is -1.88. The summed E-state index contributed by atoms with van der Waals surface area (Å²) in [4.78, 5) is 22.2. The zero-order valence-electron chi connectivity index (χ0n) is 7.41. The monoisotopic (exact) mass is 197 g/mol. The Morgan fingerprint density at radius 2 is 2.21 bits per heavy atom. The molecule has 5 N–H and O–H groups in total. The van der Waals surface area contributed by atoms with Gasteiger partial charge in [-0.1, -0.05) is 0 Å². The Labute approximate surface area is 80.1 Å². The maximum atomic E-state index is 11.3. The molecule has 2 unspecified atom stereocenters. The maximum absolute atomic E-state index is 11.3. The number of carbonyl (C=O) groups excluding carboxylic acids is 2.